The van der Waals surface area contributed by atoms with Crippen molar-refractivity contribution in [1.29, 1.82) is 0 Å². The molecule has 16 heavy (non-hydrogen) atoms. The lowest BCUT2D eigenvalue weighted by molar-refractivity contribution is -0.147. The summed E-state index contributed by atoms with van der Waals surface area (Å²) < 4.78 is 0. The summed E-state index contributed by atoms with van der Waals surface area (Å²) in [6.45, 7) is 6.25. The van der Waals surface area contributed by atoms with Crippen molar-refractivity contribution in [3.05, 3.63) is 0 Å². The van der Waals surface area contributed by atoms with Crippen molar-refractivity contribution < 1.29 is 19.8 Å². The third-order valence-electron chi connectivity index (χ3n) is 2.55. The number of hydrogen-bond acceptors (Lipinski definition) is 3. The molecule has 2 unspecified atom stereocenters. The van der Waals surface area contributed by atoms with E-state index in [0.717, 1.165) is 6.42 Å². The van der Waals surface area contributed by atoms with Gasteiger partial charge in [0.05, 0.1) is 5.92 Å². The van der Waals surface area contributed by atoms with Gasteiger partial charge in [0.15, 0.2) is 0 Å². The summed E-state index contributed by atoms with van der Waals surface area (Å²) in [5, 5.41) is 17.9. The van der Waals surface area contributed by atoms with Gasteiger partial charge in [0.1, 0.15) is 6.04 Å². The van der Waals surface area contributed by atoms with Crippen LogP contribution in [0.4, 0.5) is 0 Å². The number of hydrogen-bond donors (Lipinski definition) is 2. The molecule has 0 rings (SSSR count). The number of carboxylic acid groups (broad SMARTS) is 2. The lowest BCUT2D eigenvalue weighted by Gasteiger charge is -2.29. The molecule has 0 aliphatic carbocycles. The molecule has 2 atom stereocenters. The lowest BCUT2D eigenvalue weighted by Crippen LogP contribution is -2.44. The third-order valence-corrected chi connectivity index (χ3v) is 2.55. The fourth-order valence-electron chi connectivity index (χ4n) is 1.68. The van der Waals surface area contributed by atoms with Crippen LogP contribution in [0.3, 0.4) is 0 Å². The largest absolute Gasteiger partial charge is 0.481 e. The van der Waals surface area contributed by atoms with Crippen molar-refractivity contribution in [2.45, 2.75) is 39.7 Å². The van der Waals surface area contributed by atoms with Gasteiger partial charge in [-0.3, -0.25) is 14.5 Å². The topological polar surface area (TPSA) is 77.8 Å². The van der Waals surface area contributed by atoms with Gasteiger partial charge in [-0.15, -0.1) is 0 Å². The van der Waals surface area contributed by atoms with Gasteiger partial charge >= 0.3 is 11.9 Å². The summed E-state index contributed by atoms with van der Waals surface area (Å²) >= 11 is 0. The van der Waals surface area contributed by atoms with Gasteiger partial charge in [-0.1, -0.05) is 20.8 Å². The second kappa shape index (κ2) is 7.22. The molecule has 0 aliphatic heterocycles. The second-order valence-electron chi connectivity index (χ2n) is 4.00. The van der Waals surface area contributed by atoms with E-state index in [2.05, 4.69) is 0 Å². The van der Waals surface area contributed by atoms with Crippen molar-refractivity contribution in [2.75, 3.05) is 13.1 Å². The molecule has 0 saturated heterocycles. The Morgan fingerprint density at radius 2 is 1.75 bits per heavy atom. The van der Waals surface area contributed by atoms with Crippen LogP contribution in [0.5, 0.6) is 0 Å². The van der Waals surface area contributed by atoms with Crippen LogP contribution < -0.4 is 0 Å². The van der Waals surface area contributed by atoms with E-state index in [0.29, 0.717) is 13.0 Å². The summed E-state index contributed by atoms with van der Waals surface area (Å²) in [5.41, 5.74) is 0. The molecule has 0 aromatic carbocycles. The van der Waals surface area contributed by atoms with Gasteiger partial charge in [-0.2, -0.15) is 0 Å². The fourth-order valence-corrected chi connectivity index (χ4v) is 1.68. The Balaban J connectivity index is 4.57. The predicted molar refractivity (Wildman–Crippen MR) is 60.4 cm³/mol. The standard InChI is InChI=1S/C11H21NO4/c1-4-6-12(7-8(3)10(13)14)9(5-2)11(15)16/h8-9H,4-7H2,1-3H3,(H,13,14)(H,15,16). The molecule has 0 amide bonds. The van der Waals surface area contributed by atoms with E-state index in [1.807, 2.05) is 6.92 Å². The van der Waals surface area contributed by atoms with Gasteiger partial charge in [0.2, 0.25) is 0 Å². The van der Waals surface area contributed by atoms with E-state index < -0.39 is 23.9 Å². The molecule has 0 heterocycles. The van der Waals surface area contributed by atoms with Crippen LogP contribution in [-0.2, 0) is 9.59 Å². The summed E-state index contributed by atoms with van der Waals surface area (Å²) in [7, 11) is 0. The Morgan fingerprint density at radius 3 is 2.06 bits per heavy atom. The first kappa shape index (κ1) is 14.9. The van der Waals surface area contributed by atoms with Crippen LogP contribution in [0.1, 0.15) is 33.6 Å². The van der Waals surface area contributed by atoms with Gasteiger partial charge in [-0.25, -0.2) is 0 Å². The average Bonchev–Trinajstić information content (AvgIpc) is 2.18. The maximum Gasteiger partial charge on any atom is 0.320 e. The van der Waals surface area contributed by atoms with Crippen molar-refractivity contribution in [2.24, 2.45) is 5.92 Å². The van der Waals surface area contributed by atoms with Crippen molar-refractivity contribution in [3.63, 3.8) is 0 Å². The number of carboxylic acids is 2. The fraction of sp³-hybridized carbons (Fsp3) is 0.818. The van der Waals surface area contributed by atoms with Crippen LogP contribution in [0, 0.1) is 5.92 Å². The number of aliphatic carboxylic acids is 2. The minimum Gasteiger partial charge on any atom is -0.481 e. The molecular weight excluding hydrogens is 210 g/mol. The first-order chi connectivity index (χ1) is 7.43. The highest BCUT2D eigenvalue weighted by Crippen LogP contribution is 2.09. The molecule has 5 heteroatoms. The van der Waals surface area contributed by atoms with Crippen LogP contribution in [0.15, 0.2) is 0 Å². The van der Waals surface area contributed by atoms with Crippen LogP contribution >= 0.6 is 0 Å². The number of carbonyl (C=O) groups is 2. The zero-order valence-corrected chi connectivity index (χ0v) is 10.1. The van der Waals surface area contributed by atoms with E-state index in [4.69, 9.17) is 10.2 Å². The SMILES string of the molecule is CCCN(CC(C)C(=O)O)C(CC)C(=O)O. The zero-order valence-electron chi connectivity index (χ0n) is 10.1. The van der Waals surface area contributed by atoms with Gasteiger partial charge in [0, 0.05) is 6.54 Å². The van der Waals surface area contributed by atoms with Crippen LogP contribution in [0.2, 0.25) is 0 Å². The summed E-state index contributed by atoms with van der Waals surface area (Å²) in [6.07, 6.45) is 1.30. The minimum absolute atomic E-state index is 0.286. The Bertz CT molecular complexity index is 242. The monoisotopic (exact) mass is 231 g/mol. The molecule has 0 fully saturated rings. The minimum atomic E-state index is -0.888. The van der Waals surface area contributed by atoms with Gasteiger partial charge in [0.25, 0.3) is 0 Å². The summed E-state index contributed by atoms with van der Waals surface area (Å²) in [5.74, 6) is -2.31. The lowest BCUT2D eigenvalue weighted by atomic mass is 10.1. The van der Waals surface area contributed by atoms with E-state index >= 15 is 0 Å². The molecule has 0 spiro atoms. The molecule has 0 saturated carbocycles. The smallest absolute Gasteiger partial charge is 0.320 e. The second-order valence-corrected chi connectivity index (χ2v) is 4.00. The van der Waals surface area contributed by atoms with Crippen LogP contribution in [0.25, 0.3) is 0 Å². The van der Waals surface area contributed by atoms with E-state index in [1.165, 1.54) is 0 Å². The molecule has 2 N–H and O–H groups in total. The normalized spacial score (nSPS) is 14.8. The molecule has 0 aromatic rings. The van der Waals surface area contributed by atoms with Crippen molar-refractivity contribution in [1.82, 2.24) is 4.90 Å². The maximum atomic E-state index is 11.0. The molecular formula is C11H21NO4. The Hall–Kier alpha value is -1.10. The van der Waals surface area contributed by atoms with Gasteiger partial charge in [-0.05, 0) is 19.4 Å². The summed E-state index contributed by atoms with van der Waals surface area (Å²) in [4.78, 5) is 23.5. The van der Waals surface area contributed by atoms with E-state index in [-0.39, 0.29) is 6.54 Å². The molecule has 0 aromatic heterocycles. The zero-order chi connectivity index (χ0) is 12.7. The first-order valence-electron chi connectivity index (χ1n) is 5.63. The molecule has 0 radical (unpaired) electrons. The molecule has 0 bridgehead atoms. The number of nitrogens with zero attached hydrogens (tertiary/aromatic N) is 1. The highest BCUT2D eigenvalue weighted by Gasteiger charge is 2.26. The van der Waals surface area contributed by atoms with Gasteiger partial charge < -0.3 is 10.2 Å². The third kappa shape index (κ3) is 4.61. The molecule has 0 aliphatic rings. The Kier molecular flexibility index (Phi) is 6.72. The van der Waals surface area contributed by atoms with E-state index in [9.17, 15) is 9.59 Å². The van der Waals surface area contributed by atoms with Crippen molar-refractivity contribution >= 4 is 11.9 Å². The predicted octanol–water partition coefficient (Wildman–Crippen LogP) is 1.28. The number of rotatable bonds is 8. The maximum absolute atomic E-state index is 11.0. The van der Waals surface area contributed by atoms with Crippen LogP contribution in [-0.4, -0.2) is 46.2 Å². The summed E-state index contributed by atoms with van der Waals surface area (Å²) in [6, 6.07) is -0.582. The first-order valence-corrected chi connectivity index (χ1v) is 5.63. The Labute approximate surface area is 96.1 Å². The molecule has 5 nitrogen and oxygen atoms in total. The Morgan fingerprint density at radius 1 is 1.19 bits per heavy atom. The highest BCUT2D eigenvalue weighted by atomic mass is 16.4. The van der Waals surface area contributed by atoms with E-state index in [1.54, 1.807) is 18.7 Å². The quantitative estimate of drug-likeness (QED) is 0.658. The molecule has 94 valence electrons. The average molecular weight is 231 g/mol. The van der Waals surface area contributed by atoms with Crippen molar-refractivity contribution in [3.8, 4) is 0 Å². The highest BCUT2D eigenvalue weighted by molar-refractivity contribution is 5.74.